The van der Waals surface area contributed by atoms with Crippen LogP contribution in [0.25, 0.3) is 11.3 Å². The summed E-state index contributed by atoms with van der Waals surface area (Å²) in [5, 5.41) is 10.9. The Kier molecular flexibility index (Phi) is 6.50. The summed E-state index contributed by atoms with van der Waals surface area (Å²) < 4.78 is 16.5. The van der Waals surface area contributed by atoms with Crippen LogP contribution in [0.3, 0.4) is 0 Å². The second kappa shape index (κ2) is 9.24. The van der Waals surface area contributed by atoms with Crippen LogP contribution in [0.1, 0.15) is 16.1 Å². The second-order valence-corrected chi connectivity index (χ2v) is 6.68. The lowest BCUT2D eigenvalue weighted by Crippen LogP contribution is -2.18. The summed E-state index contributed by atoms with van der Waals surface area (Å²) in [6.45, 7) is 0. The molecule has 0 spiro atoms. The Bertz CT molecular complexity index is 1050. The van der Waals surface area contributed by atoms with E-state index in [1.807, 2.05) is 18.2 Å². The number of amides is 1. The molecule has 9 heteroatoms. The molecule has 3 rings (SSSR count). The standard InChI is InChI=1S/C20H19BrN4O4/c1-27-17-6-4-12(8-14(17)21)11-22-25-20(26)16-10-15(23-24-16)13-5-7-18(28-2)19(9-13)29-3/h4-11H,1-3H3,(H,23,24)(H,25,26)/b22-11+. The van der Waals surface area contributed by atoms with Crippen molar-refractivity contribution in [1.29, 1.82) is 0 Å². The number of hydrazone groups is 1. The summed E-state index contributed by atoms with van der Waals surface area (Å²) in [6, 6.07) is 12.5. The largest absolute Gasteiger partial charge is 0.496 e. The molecule has 0 aliphatic carbocycles. The summed E-state index contributed by atoms with van der Waals surface area (Å²) in [4.78, 5) is 12.3. The van der Waals surface area contributed by atoms with Crippen LogP contribution >= 0.6 is 15.9 Å². The highest BCUT2D eigenvalue weighted by Crippen LogP contribution is 2.31. The van der Waals surface area contributed by atoms with Crippen molar-refractivity contribution in [3.05, 3.63) is 58.2 Å². The number of H-pyrrole nitrogens is 1. The predicted molar refractivity (Wildman–Crippen MR) is 113 cm³/mol. The fourth-order valence-electron chi connectivity index (χ4n) is 2.57. The van der Waals surface area contributed by atoms with Crippen LogP contribution in [0.4, 0.5) is 0 Å². The highest BCUT2D eigenvalue weighted by atomic mass is 79.9. The third-order valence-electron chi connectivity index (χ3n) is 4.06. The Morgan fingerprint density at radius 2 is 1.76 bits per heavy atom. The van der Waals surface area contributed by atoms with E-state index >= 15 is 0 Å². The first-order chi connectivity index (χ1) is 14.0. The minimum absolute atomic E-state index is 0.280. The average molecular weight is 459 g/mol. The molecule has 0 saturated carbocycles. The number of ether oxygens (including phenoxy) is 3. The molecule has 0 atom stereocenters. The van der Waals surface area contributed by atoms with Gasteiger partial charge in [-0.2, -0.15) is 10.2 Å². The molecule has 0 unspecified atom stereocenters. The number of methoxy groups -OCH3 is 3. The molecule has 2 aromatic carbocycles. The van der Waals surface area contributed by atoms with Crippen molar-refractivity contribution in [1.82, 2.24) is 15.6 Å². The van der Waals surface area contributed by atoms with E-state index in [0.717, 1.165) is 15.6 Å². The first kappa shape index (κ1) is 20.4. The lowest BCUT2D eigenvalue weighted by Gasteiger charge is -2.08. The number of aromatic amines is 1. The Labute approximate surface area is 176 Å². The van der Waals surface area contributed by atoms with E-state index in [1.165, 1.54) is 6.21 Å². The van der Waals surface area contributed by atoms with Gasteiger partial charge < -0.3 is 14.2 Å². The zero-order valence-corrected chi connectivity index (χ0v) is 17.6. The van der Waals surface area contributed by atoms with Gasteiger partial charge in [-0.15, -0.1) is 0 Å². The van der Waals surface area contributed by atoms with E-state index in [-0.39, 0.29) is 5.69 Å². The van der Waals surface area contributed by atoms with Crippen LogP contribution in [0.5, 0.6) is 17.2 Å². The van der Waals surface area contributed by atoms with Crippen LogP contribution in [-0.4, -0.2) is 43.6 Å². The first-order valence-corrected chi connectivity index (χ1v) is 9.29. The molecule has 8 nitrogen and oxygen atoms in total. The van der Waals surface area contributed by atoms with Gasteiger partial charge in [0.05, 0.1) is 37.7 Å². The third kappa shape index (κ3) is 4.75. The molecule has 0 aliphatic rings. The summed E-state index contributed by atoms with van der Waals surface area (Å²) in [5.41, 5.74) is 4.93. The molecule has 0 bridgehead atoms. The zero-order valence-electron chi connectivity index (χ0n) is 16.0. The van der Waals surface area contributed by atoms with Crippen LogP contribution in [0.2, 0.25) is 0 Å². The van der Waals surface area contributed by atoms with Crippen molar-refractivity contribution < 1.29 is 19.0 Å². The molecule has 150 valence electrons. The van der Waals surface area contributed by atoms with Crippen molar-refractivity contribution in [3.8, 4) is 28.5 Å². The van der Waals surface area contributed by atoms with Gasteiger partial charge in [-0.1, -0.05) is 0 Å². The zero-order chi connectivity index (χ0) is 20.8. The number of halogens is 1. The van der Waals surface area contributed by atoms with E-state index in [1.54, 1.807) is 45.6 Å². The number of benzene rings is 2. The van der Waals surface area contributed by atoms with Gasteiger partial charge >= 0.3 is 0 Å². The molecular formula is C20H19BrN4O4. The molecule has 0 fully saturated rings. The Hall–Kier alpha value is -3.33. The third-order valence-corrected chi connectivity index (χ3v) is 4.68. The summed E-state index contributed by atoms with van der Waals surface area (Å²) in [7, 11) is 4.72. The Balaban J connectivity index is 1.69. The smallest absolute Gasteiger partial charge is 0.289 e. The van der Waals surface area contributed by atoms with Crippen molar-refractivity contribution in [2.75, 3.05) is 21.3 Å². The van der Waals surface area contributed by atoms with Gasteiger partial charge in [0.15, 0.2) is 11.5 Å². The average Bonchev–Trinajstić information content (AvgIpc) is 3.23. The second-order valence-electron chi connectivity index (χ2n) is 5.83. The van der Waals surface area contributed by atoms with E-state index in [9.17, 15) is 4.79 Å². The van der Waals surface area contributed by atoms with Crippen molar-refractivity contribution in [3.63, 3.8) is 0 Å². The maximum Gasteiger partial charge on any atom is 0.289 e. The fraction of sp³-hybridized carbons (Fsp3) is 0.150. The molecule has 1 amide bonds. The molecule has 0 aliphatic heterocycles. The van der Waals surface area contributed by atoms with Crippen molar-refractivity contribution >= 4 is 28.1 Å². The normalized spacial score (nSPS) is 10.8. The Morgan fingerprint density at radius 3 is 2.45 bits per heavy atom. The number of carbonyl (C=O) groups excluding carboxylic acids is 1. The molecule has 2 N–H and O–H groups in total. The SMILES string of the molecule is COc1ccc(/C=N/NC(=O)c2cc(-c3ccc(OC)c(OC)c3)n[nH]2)cc1Br. The van der Waals surface area contributed by atoms with Gasteiger partial charge in [-0.05, 0) is 64.0 Å². The van der Waals surface area contributed by atoms with E-state index in [0.29, 0.717) is 22.9 Å². The van der Waals surface area contributed by atoms with Crippen LogP contribution in [0.15, 0.2) is 52.0 Å². The number of nitrogens with zero attached hydrogens (tertiary/aromatic N) is 2. The molecule has 29 heavy (non-hydrogen) atoms. The predicted octanol–water partition coefficient (Wildman–Crippen LogP) is 3.63. The molecule has 1 aromatic heterocycles. The van der Waals surface area contributed by atoms with Gasteiger partial charge in [-0.3, -0.25) is 9.89 Å². The maximum atomic E-state index is 12.3. The van der Waals surface area contributed by atoms with Crippen LogP contribution < -0.4 is 19.6 Å². The molecular weight excluding hydrogens is 440 g/mol. The minimum Gasteiger partial charge on any atom is -0.496 e. The van der Waals surface area contributed by atoms with Crippen molar-refractivity contribution in [2.45, 2.75) is 0 Å². The van der Waals surface area contributed by atoms with E-state index in [4.69, 9.17) is 14.2 Å². The quantitative estimate of drug-likeness (QED) is 0.416. The van der Waals surface area contributed by atoms with Gasteiger partial charge in [0.25, 0.3) is 5.91 Å². The molecule has 0 radical (unpaired) electrons. The topological polar surface area (TPSA) is 97.8 Å². The number of hydrogen-bond donors (Lipinski definition) is 2. The first-order valence-electron chi connectivity index (χ1n) is 8.50. The highest BCUT2D eigenvalue weighted by molar-refractivity contribution is 9.10. The lowest BCUT2D eigenvalue weighted by molar-refractivity contribution is 0.0950. The number of aromatic nitrogens is 2. The van der Waals surface area contributed by atoms with Gasteiger partial charge in [0.1, 0.15) is 11.4 Å². The van der Waals surface area contributed by atoms with Gasteiger partial charge in [0, 0.05) is 5.56 Å². The summed E-state index contributed by atoms with van der Waals surface area (Å²) in [5.74, 6) is 1.50. The molecule has 1 heterocycles. The van der Waals surface area contributed by atoms with Gasteiger partial charge in [-0.25, -0.2) is 5.43 Å². The fourth-order valence-corrected chi connectivity index (χ4v) is 3.13. The summed E-state index contributed by atoms with van der Waals surface area (Å²) >= 11 is 3.40. The van der Waals surface area contributed by atoms with E-state index < -0.39 is 5.91 Å². The van der Waals surface area contributed by atoms with Crippen LogP contribution in [0, 0.1) is 0 Å². The Morgan fingerprint density at radius 1 is 1.03 bits per heavy atom. The maximum absolute atomic E-state index is 12.3. The molecule has 0 saturated heterocycles. The lowest BCUT2D eigenvalue weighted by atomic mass is 10.1. The van der Waals surface area contributed by atoms with E-state index in [2.05, 4.69) is 36.7 Å². The minimum atomic E-state index is -0.409. The number of hydrogen-bond acceptors (Lipinski definition) is 6. The summed E-state index contributed by atoms with van der Waals surface area (Å²) in [6.07, 6.45) is 1.54. The highest BCUT2D eigenvalue weighted by Gasteiger charge is 2.12. The number of carbonyl (C=O) groups is 1. The number of rotatable bonds is 7. The number of nitrogens with one attached hydrogen (secondary N) is 2. The monoisotopic (exact) mass is 458 g/mol. The van der Waals surface area contributed by atoms with Crippen molar-refractivity contribution in [2.24, 2.45) is 5.10 Å². The molecule has 3 aromatic rings. The van der Waals surface area contributed by atoms with Crippen LogP contribution in [-0.2, 0) is 0 Å². The van der Waals surface area contributed by atoms with Gasteiger partial charge in [0.2, 0.25) is 0 Å².